The predicted octanol–water partition coefficient (Wildman–Crippen LogP) is 9.71. The molecule has 0 N–H and O–H groups in total. The van der Waals surface area contributed by atoms with E-state index in [1.54, 1.807) is 6.92 Å². The fourth-order valence-corrected chi connectivity index (χ4v) is 13.9. The highest BCUT2D eigenvalue weighted by Gasteiger charge is 2.38. The lowest BCUT2D eigenvalue weighted by Crippen LogP contribution is -2.41. The molecule has 0 unspecified atom stereocenters. The number of unbranched alkanes of at least 4 members (excludes halogenated alkanes) is 6. The van der Waals surface area contributed by atoms with Gasteiger partial charge in [-0.3, -0.25) is 0 Å². The van der Waals surface area contributed by atoms with Gasteiger partial charge in [0.25, 0.3) is 16.6 Å². The van der Waals surface area contributed by atoms with Crippen molar-refractivity contribution >= 4 is 28.6 Å². The van der Waals surface area contributed by atoms with Gasteiger partial charge in [-0.15, -0.1) is 0 Å². The lowest BCUT2D eigenvalue weighted by atomic mass is 10.3. The number of hydrogen-bond donors (Lipinski definition) is 0. The Morgan fingerprint density at radius 3 is 1.11 bits per heavy atom. The molecule has 0 atom stereocenters. The van der Waals surface area contributed by atoms with E-state index in [0.717, 1.165) is 113 Å². The van der Waals surface area contributed by atoms with E-state index in [1.807, 2.05) is 0 Å². The molecular weight excluding hydrogens is 468 g/mol. The third-order valence-electron chi connectivity index (χ3n) is 7.20. The van der Waals surface area contributed by atoms with Crippen LogP contribution in [0.4, 0.5) is 0 Å². The topological polar surface area (TPSA) is 52.6 Å². The minimum atomic E-state index is -2.17. The molecule has 0 aliphatic carbocycles. The van der Waals surface area contributed by atoms with Gasteiger partial charge in [-0.2, -0.15) is 0 Å². The fraction of sp³-hybridized carbons (Fsp3) is 0.862. The molecule has 206 valence electrons. The third-order valence-corrected chi connectivity index (χ3v) is 16.0. The van der Waals surface area contributed by atoms with E-state index in [4.69, 9.17) is 8.85 Å². The van der Waals surface area contributed by atoms with Crippen molar-refractivity contribution in [3.63, 3.8) is 0 Å². The SMILES string of the molecule is CCCC[Si](CCCC)(CCCC)OC(=O)/C=C(\C)C(=O)O[Si](CCCC)(CCCC)CCCC. The van der Waals surface area contributed by atoms with Crippen molar-refractivity contribution in [2.75, 3.05) is 0 Å². The van der Waals surface area contributed by atoms with Gasteiger partial charge in [-0.05, 0) is 43.2 Å². The highest BCUT2D eigenvalue weighted by atomic mass is 28.4. The van der Waals surface area contributed by atoms with Crippen molar-refractivity contribution in [3.05, 3.63) is 11.6 Å². The number of rotatable bonds is 22. The van der Waals surface area contributed by atoms with Crippen LogP contribution in [-0.4, -0.2) is 28.6 Å². The Kier molecular flexibility index (Phi) is 19.7. The van der Waals surface area contributed by atoms with Crippen LogP contribution in [0.15, 0.2) is 11.6 Å². The molecule has 0 aromatic rings. The average Bonchev–Trinajstić information content (AvgIpc) is 2.85. The van der Waals surface area contributed by atoms with Crippen LogP contribution >= 0.6 is 0 Å². The van der Waals surface area contributed by atoms with Gasteiger partial charge < -0.3 is 8.85 Å². The second-order valence-corrected chi connectivity index (χ2v) is 18.8. The molecule has 0 saturated carbocycles. The molecule has 0 aliphatic heterocycles. The van der Waals surface area contributed by atoms with Crippen LogP contribution in [0.1, 0.15) is 126 Å². The average molecular weight is 527 g/mol. The van der Waals surface area contributed by atoms with E-state index in [-0.39, 0.29) is 11.9 Å². The molecule has 0 aromatic heterocycles. The van der Waals surface area contributed by atoms with Crippen LogP contribution in [0.3, 0.4) is 0 Å². The molecule has 0 spiro atoms. The lowest BCUT2D eigenvalue weighted by molar-refractivity contribution is -0.133. The van der Waals surface area contributed by atoms with Gasteiger partial charge in [0, 0.05) is 11.6 Å². The van der Waals surface area contributed by atoms with Gasteiger partial charge in [0.05, 0.1) is 0 Å². The normalized spacial score (nSPS) is 12.6. The van der Waals surface area contributed by atoms with E-state index in [9.17, 15) is 9.59 Å². The summed E-state index contributed by atoms with van der Waals surface area (Å²) in [7, 11) is -4.33. The van der Waals surface area contributed by atoms with Crippen molar-refractivity contribution in [3.8, 4) is 0 Å². The Morgan fingerprint density at radius 1 is 0.543 bits per heavy atom. The van der Waals surface area contributed by atoms with Gasteiger partial charge in [0.15, 0.2) is 0 Å². The summed E-state index contributed by atoms with van der Waals surface area (Å²) in [6.45, 7) is 14.9. The first-order valence-corrected chi connectivity index (χ1v) is 20.0. The summed E-state index contributed by atoms with van der Waals surface area (Å²) in [5.41, 5.74) is 0.403. The van der Waals surface area contributed by atoms with Gasteiger partial charge >= 0.3 is 11.9 Å². The maximum Gasteiger partial charge on any atom is 0.320 e. The fourth-order valence-electron chi connectivity index (χ4n) is 4.81. The number of carbonyl (C=O) groups is 2. The molecule has 35 heavy (non-hydrogen) atoms. The van der Waals surface area contributed by atoms with Crippen LogP contribution in [0.5, 0.6) is 0 Å². The standard InChI is InChI=1S/C29H58O4Si2/c1-8-14-20-34(21-15-9-2,22-16-10-3)32-28(30)26-27(7)29(31)33-35(23-17-11-4,24-18-12-5)25-19-13-6/h26H,8-25H2,1-7H3/b27-26+. The van der Waals surface area contributed by atoms with Crippen LogP contribution in [-0.2, 0) is 18.4 Å². The molecule has 4 nitrogen and oxygen atoms in total. The Morgan fingerprint density at radius 2 is 0.829 bits per heavy atom. The summed E-state index contributed by atoms with van der Waals surface area (Å²) in [6.07, 6.45) is 14.8. The van der Waals surface area contributed by atoms with Crippen LogP contribution < -0.4 is 0 Å². The van der Waals surface area contributed by atoms with Crippen molar-refractivity contribution in [2.45, 2.75) is 162 Å². The van der Waals surface area contributed by atoms with Gasteiger partial charge in [0.2, 0.25) is 0 Å². The molecule has 0 heterocycles. The van der Waals surface area contributed by atoms with Crippen LogP contribution in [0.2, 0.25) is 36.3 Å². The van der Waals surface area contributed by atoms with Crippen molar-refractivity contribution in [1.82, 2.24) is 0 Å². The zero-order valence-electron chi connectivity index (χ0n) is 24.4. The number of carbonyl (C=O) groups excluding carboxylic acids is 2. The molecule has 0 saturated heterocycles. The smallest absolute Gasteiger partial charge is 0.320 e. The van der Waals surface area contributed by atoms with Crippen molar-refractivity contribution in [2.24, 2.45) is 0 Å². The molecule has 0 rings (SSSR count). The van der Waals surface area contributed by atoms with E-state index < -0.39 is 16.6 Å². The molecule has 0 fully saturated rings. The minimum absolute atomic E-state index is 0.292. The number of hydrogen-bond acceptors (Lipinski definition) is 4. The molecule has 0 amide bonds. The first-order chi connectivity index (χ1) is 16.8. The Labute approximate surface area is 220 Å². The largest absolute Gasteiger partial charge is 0.516 e. The summed E-state index contributed by atoms with van der Waals surface area (Å²) in [5.74, 6) is -0.614. The van der Waals surface area contributed by atoms with Crippen molar-refractivity contribution in [1.29, 1.82) is 0 Å². The highest BCUT2D eigenvalue weighted by molar-refractivity contribution is 6.76. The second-order valence-electron chi connectivity index (χ2n) is 10.6. The molecule has 0 aliphatic rings. The molecule has 6 heteroatoms. The summed E-state index contributed by atoms with van der Waals surface area (Å²) in [6, 6.07) is 6.21. The van der Waals surface area contributed by atoms with E-state index >= 15 is 0 Å². The lowest BCUT2D eigenvalue weighted by Gasteiger charge is -2.32. The Bertz CT molecular complexity index is 560. The summed E-state index contributed by atoms with van der Waals surface area (Å²) in [4.78, 5) is 26.3. The second kappa shape index (κ2) is 20.2. The zero-order valence-corrected chi connectivity index (χ0v) is 26.4. The maximum absolute atomic E-state index is 13.2. The first-order valence-electron chi connectivity index (χ1n) is 14.9. The highest BCUT2D eigenvalue weighted by Crippen LogP contribution is 2.32. The third kappa shape index (κ3) is 14.4. The van der Waals surface area contributed by atoms with Crippen molar-refractivity contribution < 1.29 is 18.4 Å². The van der Waals surface area contributed by atoms with Gasteiger partial charge in [-0.1, -0.05) is 119 Å². The minimum Gasteiger partial charge on any atom is -0.516 e. The molecule has 0 radical (unpaired) electrons. The van der Waals surface area contributed by atoms with Gasteiger partial charge in [-0.25, -0.2) is 9.59 Å². The summed E-state index contributed by atoms with van der Waals surface area (Å²) >= 11 is 0. The predicted molar refractivity (Wildman–Crippen MR) is 156 cm³/mol. The zero-order chi connectivity index (χ0) is 26.6. The Hall–Kier alpha value is -0.886. The maximum atomic E-state index is 13.2. The summed E-state index contributed by atoms with van der Waals surface area (Å²) < 4.78 is 12.7. The van der Waals surface area contributed by atoms with Gasteiger partial charge in [0.1, 0.15) is 0 Å². The van der Waals surface area contributed by atoms with Crippen LogP contribution in [0, 0.1) is 0 Å². The van der Waals surface area contributed by atoms with E-state index in [1.165, 1.54) is 6.08 Å². The monoisotopic (exact) mass is 526 g/mol. The Balaban J connectivity index is 5.64. The van der Waals surface area contributed by atoms with Crippen LogP contribution in [0.25, 0.3) is 0 Å². The first kappa shape index (κ1) is 34.1. The molecule has 0 aromatic carbocycles. The van der Waals surface area contributed by atoms with E-state index in [2.05, 4.69) is 41.5 Å². The molecule has 0 bridgehead atoms. The summed E-state index contributed by atoms with van der Waals surface area (Å²) in [5, 5.41) is 0. The quantitative estimate of drug-likeness (QED) is 0.104. The van der Waals surface area contributed by atoms with E-state index in [0.29, 0.717) is 5.57 Å². The molecular formula is C29H58O4Si2.